The Bertz CT molecular complexity index is 76.4. The van der Waals surface area contributed by atoms with Gasteiger partial charge in [0.25, 0.3) is 0 Å². The number of alkyl halides is 1. The van der Waals surface area contributed by atoms with Gasteiger partial charge in [-0.05, 0) is 6.42 Å². The van der Waals surface area contributed by atoms with E-state index in [1.54, 1.807) is 0 Å². The predicted octanol–water partition coefficient (Wildman–Crippen LogP) is 0.596. The number of aliphatic carboxylic acids is 1. The Kier molecular flexibility index (Phi) is 10.3. The molecule has 0 aromatic rings. The molecule has 0 spiro atoms. The number of hydrogen-bond donors (Lipinski definition) is 1. The summed E-state index contributed by atoms with van der Waals surface area (Å²) in [5.74, 6) is -0.789. The molecule has 0 heterocycles. The molecule has 0 aliphatic rings. The minimum absolute atomic E-state index is 0. The van der Waals surface area contributed by atoms with Gasteiger partial charge < -0.3 is 5.11 Å². The van der Waals surface area contributed by atoms with E-state index in [4.69, 9.17) is 5.11 Å². The van der Waals surface area contributed by atoms with Gasteiger partial charge in [-0.3, -0.25) is 4.79 Å². The molecule has 0 aliphatic heterocycles. The van der Waals surface area contributed by atoms with Gasteiger partial charge in [0.1, 0.15) is 4.83 Å². The third-order valence-corrected chi connectivity index (χ3v) is 1.67. The first-order valence-corrected chi connectivity index (χ1v) is 2.97. The fourth-order valence-electron chi connectivity index (χ4n) is 0.175. The zero-order valence-electron chi connectivity index (χ0n) is 4.02. The van der Waals surface area contributed by atoms with E-state index in [1.807, 2.05) is 6.92 Å². The summed E-state index contributed by atoms with van der Waals surface area (Å²) in [7, 11) is 0. The van der Waals surface area contributed by atoms with Crippen LogP contribution in [-0.4, -0.2) is 67.3 Å². The summed E-state index contributed by atoms with van der Waals surface area (Å²) < 4.78 is 0. The van der Waals surface area contributed by atoms with Crippen molar-refractivity contribution in [1.29, 1.82) is 0 Å². The second kappa shape index (κ2) is 6.70. The average Bonchev–Trinajstić information content (AvgIpc) is 1.65. The Morgan fingerprint density at radius 1 is 1.88 bits per heavy atom. The second-order valence-corrected chi connectivity index (χ2v) is 2.32. The molecule has 1 unspecified atom stereocenters. The van der Waals surface area contributed by atoms with Crippen molar-refractivity contribution in [2.45, 2.75) is 18.2 Å². The molecule has 0 saturated heterocycles. The molecule has 1 N–H and O–H groups in total. The molecule has 0 aliphatic carbocycles. The number of hydrogen-bond acceptors (Lipinski definition) is 1. The molecule has 0 amide bonds. The zero-order chi connectivity index (χ0) is 5.86. The number of carboxylic acid groups (broad SMARTS) is 1. The quantitative estimate of drug-likeness (QED) is 0.531. The Hall–Kier alpha value is 1.59. The van der Waals surface area contributed by atoms with Crippen molar-refractivity contribution >= 4 is 73.3 Å². The van der Waals surface area contributed by atoms with Gasteiger partial charge >= 0.3 is 57.4 Å². The Balaban J connectivity index is 0. The van der Waals surface area contributed by atoms with Crippen molar-refractivity contribution in [3.05, 3.63) is 0 Å². The van der Waals surface area contributed by atoms with Crippen molar-refractivity contribution < 1.29 is 9.90 Å². The molecule has 8 heavy (non-hydrogen) atoms. The fourth-order valence-corrected chi connectivity index (χ4v) is 0.175. The summed E-state index contributed by atoms with van der Waals surface area (Å²) in [5.41, 5.74) is 0. The topological polar surface area (TPSA) is 37.3 Å². The minimum atomic E-state index is -0.789. The monoisotopic (exact) mass is 206 g/mol. The fraction of sp³-hybridized carbons (Fsp3) is 0.750. The molecular formula is C4H8BrKO2. The van der Waals surface area contributed by atoms with E-state index >= 15 is 0 Å². The molecule has 2 nitrogen and oxygen atoms in total. The molecule has 0 saturated carbocycles. The first kappa shape index (κ1) is 12.3. The van der Waals surface area contributed by atoms with Gasteiger partial charge in [-0.25, -0.2) is 0 Å². The molecular weight excluding hydrogens is 199 g/mol. The van der Waals surface area contributed by atoms with E-state index < -0.39 is 5.97 Å². The first-order chi connectivity index (χ1) is 3.18. The molecule has 0 fully saturated rings. The van der Waals surface area contributed by atoms with Gasteiger partial charge in [0.15, 0.2) is 0 Å². The van der Waals surface area contributed by atoms with Crippen LogP contribution >= 0.6 is 15.9 Å². The van der Waals surface area contributed by atoms with E-state index in [1.165, 1.54) is 0 Å². The molecule has 1 atom stereocenters. The third kappa shape index (κ3) is 5.72. The van der Waals surface area contributed by atoms with Crippen LogP contribution in [0.5, 0.6) is 0 Å². The van der Waals surface area contributed by atoms with Gasteiger partial charge in [-0.1, -0.05) is 22.9 Å². The van der Waals surface area contributed by atoms with Gasteiger partial charge in [0.05, 0.1) is 0 Å². The van der Waals surface area contributed by atoms with Crippen LogP contribution in [0.25, 0.3) is 0 Å². The molecule has 44 valence electrons. The summed E-state index contributed by atoms with van der Waals surface area (Å²) >= 11 is 2.94. The maximum absolute atomic E-state index is 9.88. The van der Waals surface area contributed by atoms with Gasteiger partial charge in [-0.15, -0.1) is 0 Å². The summed E-state index contributed by atoms with van der Waals surface area (Å²) in [5, 5.41) is 8.14. The molecule has 0 bridgehead atoms. The van der Waals surface area contributed by atoms with Gasteiger partial charge in [0, 0.05) is 0 Å². The normalized spacial score (nSPS) is 11.8. The number of carboxylic acids is 1. The summed E-state index contributed by atoms with van der Waals surface area (Å²) in [6.07, 6.45) is 0.634. The third-order valence-electron chi connectivity index (χ3n) is 0.626. The van der Waals surface area contributed by atoms with Crippen LogP contribution in [0.15, 0.2) is 0 Å². The number of halogens is 1. The van der Waals surface area contributed by atoms with E-state index in [0.29, 0.717) is 6.42 Å². The zero-order valence-corrected chi connectivity index (χ0v) is 5.60. The van der Waals surface area contributed by atoms with Crippen LogP contribution in [-0.2, 0) is 4.79 Å². The Labute approximate surface area is 99.6 Å². The number of carbonyl (C=O) groups is 1. The SMILES string of the molecule is CCC(Br)C(=O)O.[KH]. The van der Waals surface area contributed by atoms with Crippen LogP contribution < -0.4 is 0 Å². The molecule has 0 aromatic carbocycles. The Morgan fingerprint density at radius 2 is 2.25 bits per heavy atom. The van der Waals surface area contributed by atoms with Crippen molar-refractivity contribution in [1.82, 2.24) is 0 Å². The van der Waals surface area contributed by atoms with Crippen LogP contribution in [0, 0.1) is 0 Å². The van der Waals surface area contributed by atoms with Crippen LogP contribution in [0.1, 0.15) is 13.3 Å². The predicted molar refractivity (Wildman–Crippen MR) is 37.8 cm³/mol. The van der Waals surface area contributed by atoms with Gasteiger partial charge in [-0.2, -0.15) is 0 Å². The molecule has 0 rings (SSSR count). The van der Waals surface area contributed by atoms with E-state index in [9.17, 15) is 4.79 Å². The maximum atomic E-state index is 9.88. The molecule has 4 heteroatoms. The second-order valence-electron chi connectivity index (χ2n) is 1.21. The molecule has 0 radical (unpaired) electrons. The van der Waals surface area contributed by atoms with Crippen LogP contribution in [0.3, 0.4) is 0 Å². The summed E-state index contributed by atoms with van der Waals surface area (Å²) in [6.45, 7) is 1.81. The van der Waals surface area contributed by atoms with Crippen LogP contribution in [0.4, 0.5) is 0 Å². The molecule has 0 aromatic heterocycles. The average molecular weight is 207 g/mol. The van der Waals surface area contributed by atoms with E-state index in [0.717, 1.165) is 0 Å². The van der Waals surface area contributed by atoms with Crippen molar-refractivity contribution in [2.75, 3.05) is 0 Å². The first-order valence-electron chi connectivity index (χ1n) is 2.05. The van der Waals surface area contributed by atoms with Crippen molar-refractivity contribution in [3.8, 4) is 0 Å². The summed E-state index contributed by atoms with van der Waals surface area (Å²) in [6, 6.07) is 0. The van der Waals surface area contributed by atoms with E-state index in [-0.39, 0.29) is 56.2 Å². The number of rotatable bonds is 2. The van der Waals surface area contributed by atoms with Crippen molar-refractivity contribution in [3.63, 3.8) is 0 Å². The van der Waals surface area contributed by atoms with Gasteiger partial charge in [0.2, 0.25) is 0 Å². The standard InChI is InChI=1S/C4H7BrO2.K.H/c1-2-3(5)4(6)7;;/h3H,2H2,1H3,(H,6,7);;. The van der Waals surface area contributed by atoms with Crippen LogP contribution in [0.2, 0.25) is 0 Å². The Morgan fingerprint density at radius 3 is 2.25 bits per heavy atom. The van der Waals surface area contributed by atoms with Crippen molar-refractivity contribution in [2.24, 2.45) is 0 Å². The summed E-state index contributed by atoms with van der Waals surface area (Å²) in [4.78, 5) is 9.52. The van der Waals surface area contributed by atoms with E-state index in [2.05, 4.69) is 15.9 Å².